The molecule has 2 heterocycles. The first-order valence-corrected chi connectivity index (χ1v) is 2.64. The summed E-state index contributed by atoms with van der Waals surface area (Å²) < 4.78 is 8.96. The molecular formula is C5H3N2O3+. The summed E-state index contributed by atoms with van der Waals surface area (Å²) in [6.07, 6.45) is 1.52. The van der Waals surface area contributed by atoms with Crippen LogP contribution in [0, 0.1) is 4.91 Å². The fraction of sp³-hybridized carbons (Fsp3) is 0. The van der Waals surface area contributed by atoms with E-state index in [1.807, 2.05) is 0 Å². The number of hydrogen-bond acceptors (Lipinski definition) is 4. The molecule has 0 amide bonds. The molecule has 5 nitrogen and oxygen atoms in total. The second kappa shape index (κ2) is 1.66. The fourth-order valence-electron chi connectivity index (χ4n) is 0.684. The second-order valence-electron chi connectivity index (χ2n) is 1.71. The number of fused-ring (bicyclic) bond motifs is 1. The Morgan fingerprint density at radius 2 is 2.40 bits per heavy atom. The normalized spacial score (nSPS) is 10.4. The third-order valence-corrected chi connectivity index (χ3v) is 1.07. The molecule has 0 aromatic carbocycles. The average Bonchev–Trinajstić information content (AvgIpc) is 2.27. The van der Waals surface area contributed by atoms with Gasteiger partial charge in [-0.25, -0.2) is 4.98 Å². The van der Waals surface area contributed by atoms with Crippen molar-refractivity contribution < 1.29 is 13.8 Å². The van der Waals surface area contributed by atoms with Gasteiger partial charge in [-0.3, -0.25) is 0 Å². The number of aromatic nitrogens is 2. The van der Waals surface area contributed by atoms with Crippen LogP contribution in [-0.2, 0) is 0 Å². The van der Waals surface area contributed by atoms with E-state index in [1.165, 1.54) is 6.20 Å². The topological polar surface area (TPSA) is 62.1 Å². The van der Waals surface area contributed by atoms with Gasteiger partial charge >= 0.3 is 10.5 Å². The van der Waals surface area contributed by atoms with Gasteiger partial charge in [0, 0.05) is 6.20 Å². The predicted molar refractivity (Wildman–Crippen MR) is 29.6 cm³/mol. The highest BCUT2D eigenvalue weighted by Gasteiger charge is 2.09. The molecule has 0 radical (unpaired) electrons. The quantitative estimate of drug-likeness (QED) is 0.527. The highest BCUT2D eigenvalue weighted by atomic mass is 16.8. The predicted octanol–water partition coefficient (Wildman–Crippen LogP) is 0.335. The van der Waals surface area contributed by atoms with Gasteiger partial charge in [-0.2, -0.15) is 0 Å². The van der Waals surface area contributed by atoms with Crippen LogP contribution in [-0.4, -0.2) is 4.98 Å². The molecule has 0 aliphatic rings. The van der Waals surface area contributed by atoms with Crippen LogP contribution in [0.25, 0.3) is 11.3 Å². The molecule has 0 unspecified atom stereocenters. The summed E-state index contributed by atoms with van der Waals surface area (Å²) in [5, 5.41) is 0. The molecule has 0 spiro atoms. The van der Waals surface area contributed by atoms with Gasteiger partial charge in [0.2, 0.25) is 0 Å². The van der Waals surface area contributed by atoms with Crippen LogP contribution in [0.1, 0.15) is 0 Å². The van der Waals surface area contributed by atoms with Gasteiger partial charge in [-0.1, -0.05) is 0 Å². The van der Waals surface area contributed by atoms with Gasteiger partial charge in [-0.15, -0.1) is 9.05 Å². The van der Waals surface area contributed by atoms with Crippen molar-refractivity contribution in [3.05, 3.63) is 23.2 Å². The minimum Gasteiger partial charge on any atom is -0.212 e. The molecular weight excluding hydrogens is 136 g/mol. The number of rotatable bonds is 0. The SMILES string of the molecule is O=[n+]1oc2cccnc2o1. The average molecular weight is 139 g/mol. The van der Waals surface area contributed by atoms with Gasteiger partial charge < -0.3 is 0 Å². The van der Waals surface area contributed by atoms with Crippen LogP contribution < -0.4 is 4.77 Å². The van der Waals surface area contributed by atoms with Crippen LogP contribution in [0.15, 0.2) is 27.4 Å². The molecule has 2 aromatic heterocycles. The van der Waals surface area contributed by atoms with Gasteiger partial charge in [0.05, 0.1) is 0 Å². The molecule has 0 saturated carbocycles. The Morgan fingerprint density at radius 3 is 3.20 bits per heavy atom. The highest BCUT2D eigenvalue weighted by Crippen LogP contribution is 2.04. The molecule has 0 fully saturated rings. The molecule has 50 valence electrons. The Labute approximate surface area is 54.4 Å². The van der Waals surface area contributed by atoms with Crippen molar-refractivity contribution in [2.45, 2.75) is 0 Å². The van der Waals surface area contributed by atoms with E-state index >= 15 is 0 Å². The largest absolute Gasteiger partial charge is 0.491 e. The van der Waals surface area contributed by atoms with E-state index < -0.39 is 0 Å². The summed E-state index contributed by atoms with van der Waals surface area (Å²) in [6.45, 7) is 0. The number of nitrogens with zero attached hydrogens (tertiary/aromatic N) is 2. The fourth-order valence-corrected chi connectivity index (χ4v) is 0.684. The van der Waals surface area contributed by atoms with Gasteiger partial charge in [0.25, 0.3) is 5.58 Å². The van der Waals surface area contributed by atoms with Gasteiger partial charge in [0.15, 0.2) is 0 Å². The minimum absolute atomic E-state index is 0.0116. The summed E-state index contributed by atoms with van der Waals surface area (Å²) in [6, 6.07) is 3.25. The lowest BCUT2D eigenvalue weighted by Crippen LogP contribution is -2.04. The lowest BCUT2D eigenvalue weighted by Gasteiger charge is -1.71. The molecule has 2 rings (SSSR count). The highest BCUT2D eigenvalue weighted by molar-refractivity contribution is 5.62. The van der Waals surface area contributed by atoms with E-state index in [0.29, 0.717) is 5.58 Å². The van der Waals surface area contributed by atoms with E-state index in [2.05, 4.69) is 14.0 Å². The Hall–Kier alpha value is -1.65. The summed E-state index contributed by atoms with van der Waals surface area (Å²) >= 11 is 0. The molecule has 0 aliphatic carbocycles. The maximum Gasteiger partial charge on any atom is 0.491 e. The summed E-state index contributed by atoms with van der Waals surface area (Å²) in [5.74, 6) is 0. The molecule has 2 aromatic rings. The lowest BCUT2D eigenvalue weighted by molar-refractivity contribution is -0.852. The van der Waals surface area contributed by atoms with Crippen molar-refractivity contribution in [1.82, 2.24) is 4.98 Å². The van der Waals surface area contributed by atoms with Crippen LogP contribution in [0.3, 0.4) is 0 Å². The number of pyridine rings is 1. The zero-order valence-electron chi connectivity index (χ0n) is 4.85. The van der Waals surface area contributed by atoms with Crippen molar-refractivity contribution in [3.8, 4) is 0 Å². The van der Waals surface area contributed by atoms with Crippen molar-refractivity contribution >= 4 is 11.3 Å². The van der Waals surface area contributed by atoms with E-state index in [9.17, 15) is 4.91 Å². The van der Waals surface area contributed by atoms with E-state index in [4.69, 9.17) is 0 Å². The Balaban J connectivity index is 3.01. The maximum absolute atomic E-state index is 10.3. The monoisotopic (exact) mass is 139 g/mol. The Bertz CT molecular complexity index is 366. The Kier molecular flexibility index (Phi) is 0.858. The van der Waals surface area contributed by atoms with Crippen LogP contribution in [0.4, 0.5) is 0 Å². The minimum atomic E-state index is 0.0116. The van der Waals surface area contributed by atoms with E-state index in [-0.39, 0.29) is 10.5 Å². The van der Waals surface area contributed by atoms with Gasteiger partial charge in [-0.05, 0) is 12.1 Å². The number of hydrogen-bond donors (Lipinski definition) is 0. The van der Waals surface area contributed by atoms with Crippen LogP contribution in [0.2, 0.25) is 0 Å². The van der Waals surface area contributed by atoms with Crippen molar-refractivity contribution in [1.29, 1.82) is 0 Å². The Morgan fingerprint density at radius 1 is 1.50 bits per heavy atom. The second-order valence-corrected chi connectivity index (χ2v) is 1.71. The first kappa shape index (κ1) is 5.16. The van der Waals surface area contributed by atoms with Crippen molar-refractivity contribution in [3.63, 3.8) is 0 Å². The first-order valence-electron chi connectivity index (χ1n) is 2.64. The third-order valence-electron chi connectivity index (χ3n) is 1.07. The van der Waals surface area contributed by atoms with Crippen LogP contribution in [0.5, 0.6) is 0 Å². The summed E-state index contributed by atoms with van der Waals surface area (Å²) in [5.41, 5.74) is 0.551. The summed E-state index contributed by atoms with van der Waals surface area (Å²) in [4.78, 5) is 14.1. The standard InChI is InChI=1S/C5H3N2O3/c8-7-9-4-2-1-3-6-5(4)10-7/h1-3H/q+1. The van der Waals surface area contributed by atoms with Crippen molar-refractivity contribution in [2.24, 2.45) is 0 Å². The molecule has 0 aliphatic heterocycles. The molecule has 0 saturated heterocycles. The maximum atomic E-state index is 10.3. The lowest BCUT2D eigenvalue weighted by atomic mass is 10.5. The van der Waals surface area contributed by atoms with E-state index in [1.54, 1.807) is 12.1 Å². The smallest absolute Gasteiger partial charge is 0.212 e. The molecule has 5 heteroatoms. The van der Waals surface area contributed by atoms with Gasteiger partial charge in [0.1, 0.15) is 4.91 Å². The summed E-state index contributed by atoms with van der Waals surface area (Å²) in [7, 11) is 0. The van der Waals surface area contributed by atoms with Crippen LogP contribution >= 0.6 is 0 Å². The zero-order valence-corrected chi connectivity index (χ0v) is 4.85. The zero-order chi connectivity index (χ0) is 6.97. The molecule has 10 heavy (non-hydrogen) atoms. The molecule has 0 bridgehead atoms. The first-order chi connectivity index (χ1) is 4.86. The van der Waals surface area contributed by atoms with E-state index in [0.717, 1.165) is 0 Å². The molecule has 0 N–H and O–H groups in total. The third kappa shape index (κ3) is 0.604. The van der Waals surface area contributed by atoms with Crippen molar-refractivity contribution in [2.75, 3.05) is 0 Å². The molecule has 0 atom stereocenters.